The Balaban J connectivity index is 2.21. The Morgan fingerprint density at radius 1 is 1.52 bits per heavy atom. The highest BCUT2D eigenvalue weighted by atomic mass is 16.1. The average Bonchev–Trinajstić information content (AvgIpc) is 2.48. The number of rotatable bonds is 6. The van der Waals surface area contributed by atoms with Gasteiger partial charge in [0.2, 0.25) is 0 Å². The molecule has 1 aliphatic heterocycles. The first-order valence-electron chi connectivity index (χ1n) is 8.16. The molecule has 0 amide bonds. The molecule has 5 heteroatoms. The van der Waals surface area contributed by atoms with E-state index < -0.39 is 0 Å². The number of hydrogen-bond donors (Lipinski definition) is 1. The van der Waals surface area contributed by atoms with Gasteiger partial charge in [-0.25, -0.2) is 4.98 Å². The molecule has 0 saturated carbocycles. The van der Waals surface area contributed by atoms with Crippen LogP contribution in [0.3, 0.4) is 0 Å². The molecule has 1 fully saturated rings. The minimum absolute atomic E-state index is 0.0321. The second-order valence-electron chi connectivity index (χ2n) is 6.22. The van der Waals surface area contributed by atoms with Gasteiger partial charge in [0.05, 0.1) is 0 Å². The lowest BCUT2D eigenvalue weighted by Gasteiger charge is -2.30. The fourth-order valence-electron chi connectivity index (χ4n) is 2.98. The van der Waals surface area contributed by atoms with E-state index in [1.165, 1.54) is 12.8 Å². The summed E-state index contributed by atoms with van der Waals surface area (Å²) in [6.07, 6.45) is 7.01. The molecule has 2 heterocycles. The maximum Gasteiger partial charge on any atom is 0.293 e. The first-order chi connectivity index (χ1) is 10.1. The molecule has 0 spiro atoms. The van der Waals surface area contributed by atoms with Gasteiger partial charge in [0, 0.05) is 31.5 Å². The standard InChI is InChI=1S/C16H28N4O/c1-4-9-19(12-14-6-5-7-17-11-14)15-16(21)20(13(2)3)10-8-18-15/h8,10,13-14,17H,4-7,9,11-12H2,1-3H3. The van der Waals surface area contributed by atoms with Crippen molar-refractivity contribution in [2.75, 3.05) is 31.1 Å². The van der Waals surface area contributed by atoms with Crippen molar-refractivity contribution in [3.8, 4) is 0 Å². The van der Waals surface area contributed by atoms with Crippen LogP contribution in [0.25, 0.3) is 0 Å². The lowest BCUT2D eigenvalue weighted by molar-refractivity contribution is 0.375. The maximum atomic E-state index is 12.6. The van der Waals surface area contributed by atoms with Crippen molar-refractivity contribution in [3.05, 3.63) is 22.7 Å². The largest absolute Gasteiger partial charge is 0.352 e. The van der Waals surface area contributed by atoms with Crippen molar-refractivity contribution in [2.45, 2.75) is 46.1 Å². The summed E-state index contributed by atoms with van der Waals surface area (Å²) in [5.74, 6) is 1.22. The van der Waals surface area contributed by atoms with E-state index in [9.17, 15) is 4.79 Å². The molecule has 5 nitrogen and oxygen atoms in total. The van der Waals surface area contributed by atoms with E-state index in [4.69, 9.17) is 0 Å². The highest BCUT2D eigenvalue weighted by Crippen LogP contribution is 2.15. The van der Waals surface area contributed by atoms with Gasteiger partial charge >= 0.3 is 0 Å². The Bertz CT molecular complexity index is 491. The number of nitrogens with zero attached hydrogens (tertiary/aromatic N) is 3. The second kappa shape index (κ2) is 7.59. The van der Waals surface area contributed by atoms with Gasteiger partial charge in [-0.15, -0.1) is 0 Å². The molecule has 0 bridgehead atoms. The van der Waals surface area contributed by atoms with Crippen LogP contribution >= 0.6 is 0 Å². The van der Waals surface area contributed by atoms with E-state index in [1.54, 1.807) is 17.0 Å². The number of nitrogens with one attached hydrogen (secondary N) is 1. The van der Waals surface area contributed by atoms with Crippen molar-refractivity contribution >= 4 is 5.82 Å². The molecular formula is C16H28N4O. The zero-order chi connectivity index (χ0) is 15.2. The number of anilines is 1. The van der Waals surface area contributed by atoms with Crippen molar-refractivity contribution in [3.63, 3.8) is 0 Å². The van der Waals surface area contributed by atoms with Crippen LogP contribution in [0.1, 0.15) is 46.1 Å². The minimum Gasteiger partial charge on any atom is -0.352 e. The van der Waals surface area contributed by atoms with Crippen molar-refractivity contribution in [2.24, 2.45) is 5.92 Å². The summed E-state index contributed by atoms with van der Waals surface area (Å²) in [6, 6.07) is 0.166. The summed E-state index contributed by atoms with van der Waals surface area (Å²) in [6.45, 7) is 10.2. The SMILES string of the molecule is CCCN(CC1CCCNC1)c1nccn(C(C)C)c1=O. The summed E-state index contributed by atoms with van der Waals surface area (Å²) >= 11 is 0. The lowest BCUT2D eigenvalue weighted by atomic mass is 9.99. The molecular weight excluding hydrogens is 264 g/mol. The normalized spacial score (nSPS) is 19.0. The van der Waals surface area contributed by atoms with Crippen LogP contribution in [0.15, 0.2) is 17.2 Å². The zero-order valence-corrected chi connectivity index (χ0v) is 13.5. The Morgan fingerprint density at radius 2 is 2.33 bits per heavy atom. The van der Waals surface area contributed by atoms with Gasteiger partial charge in [-0.1, -0.05) is 6.92 Å². The fraction of sp³-hybridized carbons (Fsp3) is 0.750. The maximum absolute atomic E-state index is 12.6. The van der Waals surface area contributed by atoms with Crippen LogP contribution in [0.4, 0.5) is 5.82 Å². The topological polar surface area (TPSA) is 50.2 Å². The molecule has 1 aliphatic rings. The van der Waals surface area contributed by atoms with E-state index in [1.807, 2.05) is 13.8 Å². The summed E-state index contributed by atoms with van der Waals surface area (Å²) in [5.41, 5.74) is 0.0321. The van der Waals surface area contributed by atoms with Gasteiger partial charge in [-0.2, -0.15) is 0 Å². The molecule has 1 N–H and O–H groups in total. The summed E-state index contributed by atoms with van der Waals surface area (Å²) in [7, 11) is 0. The van der Waals surface area contributed by atoms with E-state index in [0.717, 1.165) is 32.6 Å². The first kappa shape index (κ1) is 16.0. The predicted octanol–water partition coefficient (Wildman–Crippen LogP) is 2.04. The van der Waals surface area contributed by atoms with Crippen LogP contribution in [0.5, 0.6) is 0 Å². The molecule has 21 heavy (non-hydrogen) atoms. The lowest BCUT2D eigenvalue weighted by Crippen LogP contribution is -2.41. The van der Waals surface area contributed by atoms with Crippen LogP contribution in [-0.2, 0) is 0 Å². The molecule has 2 rings (SSSR count). The van der Waals surface area contributed by atoms with E-state index in [-0.39, 0.29) is 11.6 Å². The average molecular weight is 292 g/mol. The summed E-state index contributed by atoms with van der Waals surface area (Å²) < 4.78 is 1.77. The number of aromatic nitrogens is 2. The summed E-state index contributed by atoms with van der Waals surface area (Å²) in [5, 5.41) is 3.45. The molecule has 0 aromatic carbocycles. The molecule has 1 unspecified atom stereocenters. The molecule has 1 atom stereocenters. The Hall–Kier alpha value is -1.36. The quantitative estimate of drug-likeness (QED) is 0.872. The Kier molecular flexibility index (Phi) is 5.79. The summed E-state index contributed by atoms with van der Waals surface area (Å²) in [4.78, 5) is 19.2. The zero-order valence-electron chi connectivity index (χ0n) is 13.5. The second-order valence-corrected chi connectivity index (χ2v) is 6.22. The van der Waals surface area contributed by atoms with E-state index in [0.29, 0.717) is 11.7 Å². The monoisotopic (exact) mass is 292 g/mol. The molecule has 0 aliphatic carbocycles. The fourth-order valence-corrected chi connectivity index (χ4v) is 2.98. The van der Waals surface area contributed by atoms with Gasteiger partial charge in [-0.05, 0) is 52.1 Å². The smallest absolute Gasteiger partial charge is 0.293 e. The Labute approximate surface area is 127 Å². The molecule has 118 valence electrons. The van der Waals surface area contributed by atoms with Crippen LogP contribution in [-0.4, -0.2) is 35.7 Å². The van der Waals surface area contributed by atoms with Crippen molar-refractivity contribution in [1.82, 2.24) is 14.9 Å². The minimum atomic E-state index is 0.0321. The highest BCUT2D eigenvalue weighted by molar-refractivity contribution is 5.35. The van der Waals surface area contributed by atoms with Gasteiger partial charge in [0.1, 0.15) is 0 Å². The van der Waals surface area contributed by atoms with Crippen molar-refractivity contribution in [1.29, 1.82) is 0 Å². The third-order valence-corrected chi connectivity index (χ3v) is 4.08. The van der Waals surface area contributed by atoms with Gasteiger partial charge < -0.3 is 14.8 Å². The van der Waals surface area contributed by atoms with Gasteiger partial charge in [-0.3, -0.25) is 4.79 Å². The number of piperidine rings is 1. The van der Waals surface area contributed by atoms with Gasteiger partial charge in [0.25, 0.3) is 5.56 Å². The highest BCUT2D eigenvalue weighted by Gasteiger charge is 2.20. The molecule has 1 saturated heterocycles. The third-order valence-electron chi connectivity index (χ3n) is 4.08. The van der Waals surface area contributed by atoms with Crippen LogP contribution < -0.4 is 15.8 Å². The van der Waals surface area contributed by atoms with E-state index >= 15 is 0 Å². The molecule has 1 aromatic heterocycles. The first-order valence-corrected chi connectivity index (χ1v) is 8.16. The van der Waals surface area contributed by atoms with Crippen LogP contribution in [0.2, 0.25) is 0 Å². The van der Waals surface area contributed by atoms with Crippen molar-refractivity contribution < 1.29 is 0 Å². The third kappa shape index (κ3) is 4.06. The molecule has 1 aromatic rings. The molecule has 0 radical (unpaired) electrons. The number of hydrogen-bond acceptors (Lipinski definition) is 4. The van der Waals surface area contributed by atoms with Crippen LogP contribution in [0, 0.1) is 5.92 Å². The van der Waals surface area contributed by atoms with E-state index in [2.05, 4.69) is 22.1 Å². The van der Waals surface area contributed by atoms with Gasteiger partial charge in [0.15, 0.2) is 5.82 Å². The Morgan fingerprint density at radius 3 is 2.95 bits per heavy atom. The predicted molar refractivity (Wildman–Crippen MR) is 87.0 cm³/mol.